The van der Waals surface area contributed by atoms with Crippen LogP contribution in [0.25, 0.3) is 0 Å². The fourth-order valence-corrected chi connectivity index (χ4v) is 3.68. The summed E-state index contributed by atoms with van der Waals surface area (Å²) in [5.41, 5.74) is 0.796. The minimum absolute atomic E-state index is 0.0979. The molecule has 2 fully saturated rings. The number of hydrogen-bond acceptors (Lipinski definition) is 3. The zero-order valence-corrected chi connectivity index (χ0v) is 17.4. The van der Waals surface area contributed by atoms with E-state index < -0.39 is 0 Å². The first-order valence-electron chi connectivity index (χ1n) is 10.6. The number of halogens is 1. The van der Waals surface area contributed by atoms with E-state index in [9.17, 15) is 4.39 Å². The molecule has 2 aliphatic rings. The molecular weight excluding hydrogens is 355 g/mol. The van der Waals surface area contributed by atoms with E-state index in [1.165, 1.54) is 12.8 Å². The topological polar surface area (TPSA) is 40.1 Å². The van der Waals surface area contributed by atoms with Crippen LogP contribution in [0.15, 0.2) is 29.3 Å². The predicted molar refractivity (Wildman–Crippen MR) is 112 cm³/mol. The van der Waals surface area contributed by atoms with Crippen LogP contribution in [-0.2, 0) is 11.3 Å². The Hall–Kier alpha value is -1.66. The number of likely N-dealkylation sites (N-methyl/N-ethyl adjacent to an activating group) is 1. The van der Waals surface area contributed by atoms with Crippen LogP contribution >= 0.6 is 0 Å². The molecule has 1 N–H and O–H groups in total. The lowest BCUT2D eigenvalue weighted by molar-refractivity contribution is 0.115. The molecule has 0 atom stereocenters. The number of nitrogens with one attached hydrogen (secondary N) is 1. The second-order valence-electron chi connectivity index (χ2n) is 8.18. The van der Waals surface area contributed by atoms with Crippen LogP contribution in [0.1, 0.15) is 31.2 Å². The quantitative estimate of drug-likeness (QED) is 0.400. The van der Waals surface area contributed by atoms with Gasteiger partial charge in [0, 0.05) is 45.9 Å². The molecule has 0 aromatic heterocycles. The first-order chi connectivity index (χ1) is 13.7. The molecule has 28 heavy (non-hydrogen) atoms. The van der Waals surface area contributed by atoms with Gasteiger partial charge in [-0.25, -0.2) is 4.39 Å². The third-order valence-electron chi connectivity index (χ3n) is 5.80. The minimum Gasteiger partial charge on any atom is -0.379 e. The summed E-state index contributed by atoms with van der Waals surface area (Å²) in [5, 5.41) is 3.52. The van der Waals surface area contributed by atoms with Gasteiger partial charge in [-0.15, -0.1) is 0 Å². The molecule has 1 aliphatic carbocycles. The molecule has 1 saturated heterocycles. The van der Waals surface area contributed by atoms with E-state index in [0.717, 1.165) is 69.7 Å². The smallest absolute Gasteiger partial charge is 0.193 e. The molecular formula is C22H35FN4O. The van der Waals surface area contributed by atoms with Crippen molar-refractivity contribution in [3.63, 3.8) is 0 Å². The zero-order chi connectivity index (χ0) is 19.8. The van der Waals surface area contributed by atoms with Crippen LogP contribution in [0.4, 0.5) is 4.39 Å². The van der Waals surface area contributed by atoms with Crippen molar-refractivity contribution in [3.05, 3.63) is 35.6 Å². The SMILES string of the molecule is CN=C(NCC1CCN(Cc2ccccc2F)CC1)N(C)CCOCC1CC1. The number of likely N-dealkylation sites (tertiary alicyclic amines) is 1. The van der Waals surface area contributed by atoms with E-state index in [-0.39, 0.29) is 5.82 Å². The maximum atomic E-state index is 13.8. The number of ether oxygens (including phenoxy) is 1. The highest BCUT2D eigenvalue weighted by Gasteiger charge is 2.22. The Balaban J connectivity index is 1.32. The van der Waals surface area contributed by atoms with E-state index in [1.807, 2.05) is 19.2 Å². The Morgan fingerprint density at radius 3 is 2.64 bits per heavy atom. The van der Waals surface area contributed by atoms with Gasteiger partial charge in [-0.05, 0) is 56.7 Å². The summed E-state index contributed by atoms with van der Waals surface area (Å²) in [7, 11) is 3.90. The van der Waals surface area contributed by atoms with Gasteiger partial charge in [-0.2, -0.15) is 0 Å². The average molecular weight is 391 g/mol. The summed E-state index contributed by atoms with van der Waals surface area (Å²) >= 11 is 0. The summed E-state index contributed by atoms with van der Waals surface area (Å²) in [6.45, 7) is 6.20. The second kappa shape index (κ2) is 10.8. The average Bonchev–Trinajstić information content (AvgIpc) is 3.53. The molecule has 1 heterocycles. The number of guanidine groups is 1. The molecule has 1 saturated carbocycles. The molecule has 0 amide bonds. The van der Waals surface area contributed by atoms with Crippen molar-refractivity contribution in [2.75, 3.05) is 53.5 Å². The van der Waals surface area contributed by atoms with Crippen molar-refractivity contribution in [1.82, 2.24) is 15.1 Å². The highest BCUT2D eigenvalue weighted by molar-refractivity contribution is 5.79. The van der Waals surface area contributed by atoms with Crippen molar-refractivity contribution in [2.45, 2.75) is 32.2 Å². The van der Waals surface area contributed by atoms with Gasteiger partial charge in [0.15, 0.2) is 5.96 Å². The summed E-state index contributed by atoms with van der Waals surface area (Å²) < 4.78 is 19.6. The monoisotopic (exact) mass is 390 g/mol. The molecule has 1 aliphatic heterocycles. The summed E-state index contributed by atoms with van der Waals surface area (Å²) in [5.74, 6) is 2.28. The van der Waals surface area contributed by atoms with Gasteiger partial charge in [0.05, 0.1) is 6.61 Å². The van der Waals surface area contributed by atoms with Gasteiger partial charge >= 0.3 is 0 Å². The molecule has 3 rings (SSSR count). The molecule has 5 nitrogen and oxygen atoms in total. The normalized spacial score (nSPS) is 19.0. The van der Waals surface area contributed by atoms with E-state index >= 15 is 0 Å². The third-order valence-corrected chi connectivity index (χ3v) is 5.80. The van der Waals surface area contributed by atoms with Crippen LogP contribution in [0.3, 0.4) is 0 Å². The van der Waals surface area contributed by atoms with Crippen LogP contribution < -0.4 is 5.32 Å². The Morgan fingerprint density at radius 2 is 1.96 bits per heavy atom. The lowest BCUT2D eigenvalue weighted by Crippen LogP contribution is -2.44. The largest absolute Gasteiger partial charge is 0.379 e. The van der Waals surface area contributed by atoms with Crippen molar-refractivity contribution in [3.8, 4) is 0 Å². The molecule has 0 unspecified atom stereocenters. The van der Waals surface area contributed by atoms with Crippen LogP contribution in [-0.4, -0.2) is 69.2 Å². The third kappa shape index (κ3) is 6.74. The van der Waals surface area contributed by atoms with E-state index in [1.54, 1.807) is 12.1 Å². The summed E-state index contributed by atoms with van der Waals surface area (Å²) in [6, 6.07) is 7.09. The summed E-state index contributed by atoms with van der Waals surface area (Å²) in [6.07, 6.45) is 4.93. The van der Waals surface area contributed by atoms with Gasteiger partial charge < -0.3 is 15.0 Å². The van der Waals surface area contributed by atoms with Crippen molar-refractivity contribution in [2.24, 2.45) is 16.8 Å². The first kappa shape index (κ1) is 21.1. The van der Waals surface area contributed by atoms with Gasteiger partial charge in [0.25, 0.3) is 0 Å². The van der Waals surface area contributed by atoms with Crippen LogP contribution in [0.2, 0.25) is 0 Å². The van der Waals surface area contributed by atoms with Gasteiger partial charge in [0.1, 0.15) is 5.82 Å². The molecule has 0 spiro atoms. The Bertz CT molecular complexity index is 627. The highest BCUT2D eigenvalue weighted by atomic mass is 19.1. The van der Waals surface area contributed by atoms with Crippen LogP contribution in [0, 0.1) is 17.7 Å². The Morgan fingerprint density at radius 1 is 1.21 bits per heavy atom. The zero-order valence-electron chi connectivity index (χ0n) is 17.4. The lowest BCUT2D eigenvalue weighted by Gasteiger charge is -2.33. The molecule has 6 heteroatoms. The van der Waals surface area contributed by atoms with Gasteiger partial charge in [-0.3, -0.25) is 9.89 Å². The number of hydrogen-bond donors (Lipinski definition) is 1. The Kier molecular flexibility index (Phi) is 8.10. The van der Waals surface area contributed by atoms with Crippen molar-refractivity contribution in [1.29, 1.82) is 0 Å². The van der Waals surface area contributed by atoms with Crippen LogP contribution in [0.5, 0.6) is 0 Å². The fraction of sp³-hybridized carbons (Fsp3) is 0.682. The second-order valence-corrected chi connectivity index (χ2v) is 8.18. The standard InChI is InChI=1S/C22H35FN4O/c1-24-22(26(2)13-14-28-17-19-7-8-19)25-15-18-9-11-27(12-10-18)16-20-5-3-4-6-21(20)23/h3-6,18-19H,7-17H2,1-2H3,(H,24,25). The van der Waals surface area contributed by atoms with E-state index in [4.69, 9.17) is 4.74 Å². The van der Waals surface area contributed by atoms with Gasteiger partial charge in [0.2, 0.25) is 0 Å². The maximum Gasteiger partial charge on any atom is 0.193 e. The molecule has 1 aromatic rings. The predicted octanol–water partition coefficient (Wildman–Crippen LogP) is 2.97. The fourth-order valence-electron chi connectivity index (χ4n) is 3.68. The number of piperidine rings is 1. The number of nitrogens with zero attached hydrogens (tertiary/aromatic N) is 3. The van der Waals surface area contributed by atoms with Gasteiger partial charge in [-0.1, -0.05) is 18.2 Å². The summed E-state index contributed by atoms with van der Waals surface area (Å²) in [4.78, 5) is 8.90. The van der Waals surface area contributed by atoms with Crippen molar-refractivity contribution >= 4 is 5.96 Å². The number of rotatable bonds is 9. The first-order valence-corrected chi connectivity index (χ1v) is 10.6. The molecule has 156 valence electrons. The number of benzene rings is 1. The Labute approximate surface area is 169 Å². The van der Waals surface area contributed by atoms with Crippen molar-refractivity contribution < 1.29 is 9.13 Å². The lowest BCUT2D eigenvalue weighted by atomic mass is 9.96. The maximum absolute atomic E-state index is 13.8. The van der Waals surface area contributed by atoms with E-state index in [2.05, 4.69) is 27.2 Å². The van der Waals surface area contributed by atoms with E-state index in [0.29, 0.717) is 12.5 Å². The number of aliphatic imine (C=N–C) groups is 1. The molecule has 0 bridgehead atoms. The molecule has 1 aromatic carbocycles. The highest BCUT2D eigenvalue weighted by Crippen LogP contribution is 2.28. The minimum atomic E-state index is -0.0979. The molecule has 0 radical (unpaired) electrons.